The van der Waals surface area contributed by atoms with E-state index in [1.807, 2.05) is 12.3 Å². The standard InChI is InChI=1S/C14H25N5S/c1-4-7-15-12-9-13(18-14(17-12)20-3)16-10-11-6-5-8-19(11)2/h9,11H,4-8,10H2,1-3H3,(H2,15,16,17,18). The summed E-state index contributed by atoms with van der Waals surface area (Å²) in [5.74, 6) is 1.83. The molecule has 0 aliphatic carbocycles. The quantitative estimate of drug-likeness (QED) is 0.595. The zero-order valence-electron chi connectivity index (χ0n) is 12.6. The van der Waals surface area contributed by atoms with Crippen molar-refractivity contribution in [3.05, 3.63) is 6.07 Å². The molecule has 2 rings (SSSR count). The van der Waals surface area contributed by atoms with Gasteiger partial charge in [0.1, 0.15) is 11.6 Å². The summed E-state index contributed by atoms with van der Waals surface area (Å²) < 4.78 is 0. The lowest BCUT2D eigenvalue weighted by Gasteiger charge is -2.20. The number of likely N-dealkylation sites (N-methyl/N-ethyl adjacent to an activating group) is 1. The summed E-state index contributed by atoms with van der Waals surface area (Å²) in [6.45, 7) is 5.25. The van der Waals surface area contributed by atoms with E-state index in [0.29, 0.717) is 6.04 Å². The van der Waals surface area contributed by atoms with Crippen molar-refractivity contribution < 1.29 is 0 Å². The average Bonchev–Trinajstić information content (AvgIpc) is 2.88. The average molecular weight is 295 g/mol. The molecule has 2 heterocycles. The lowest BCUT2D eigenvalue weighted by Crippen LogP contribution is -2.31. The van der Waals surface area contributed by atoms with Gasteiger partial charge in [-0.05, 0) is 39.1 Å². The normalized spacial score (nSPS) is 19.2. The van der Waals surface area contributed by atoms with E-state index in [-0.39, 0.29) is 0 Å². The van der Waals surface area contributed by atoms with Gasteiger partial charge in [-0.3, -0.25) is 0 Å². The highest BCUT2D eigenvalue weighted by Gasteiger charge is 2.20. The van der Waals surface area contributed by atoms with Gasteiger partial charge in [-0.15, -0.1) is 0 Å². The van der Waals surface area contributed by atoms with Gasteiger partial charge in [0.2, 0.25) is 0 Å². The molecule has 5 nitrogen and oxygen atoms in total. The number of thioether (sulfide) groups is 1. The van der Waals surface area contributed by atoms with Crippen molar-refractivity contribution in [1.82, 2.24) is 14.9 Å². The molecule has 1 saturated heterocycles. The topological polar surface area (TPSA) is 53.1 Å². The number of aromatic nitrogens is 2. The summed E-state index contributed by atoms with van der Waals surface area (Å²) in [4.78, 5) is 11.4. The van der Waals surface area contributed by atoms with Crippen molar-refractivity contribution in [2.75, 3.05) is 43.6 Å². The molecule has 1 aromatic heterocycles. The monoisotopic (exact) mass is 295 g/mol. The van der Waals surface area contributed by atoms with Crippen molar-refractivity contribution in [2.24, 2.45) is 0 Å². The molecule has 20 heavy (non-hydrogen) atoms. The number of rotatable bonds is 7. The van der Waals surface area contributed by atoms with E-state index < -0.39 is 0 Å². The van der Waals surface area contributed by atoms with Gasteiger partial charge in [0.15, 0.2) is 5.16 Å². The highest BCUT2D eigenvalue weighted by Crippen LogP contribution is 2.19. The second-order valence-electron chi connectivity index (χ2n) is 5.21. The number of anilines is 2. The molecular weight excluding hydrogens is 270 g/mol. The first kappa shape index (κ1) is 15.4. The van der Waals surface area contributed by atoms with Crippen LogP contribution >= 0.6 is 11.8 Å². The molecule has 1 fully saturated rings. The summed E-state index contributed by atoms with van der Waals surface area (Å²) in [6.07, 6.45) is 5.67. The van der Waals surface area contributed by atoms with Crippen LogP contribution in [0.25, 0.3) is 0 Å². The Labute approximate surface area is 125 Å². The van der Waals surface area contributed by atoms with E-state index in [1.54, 1.807) is 11.8 Å². The minimum absolute atomic E-state index is 0.620. The minimum Gasteiger partial charge on any atom is -0.370 e. The van der Waals surface area contributed by atoms with Gasteiger partial charge >= 0.3 is 0 Å². The smallest absolute Gasteiger partial charge is 0.191 e. The first-order valence-electron chi connectivity index (χ1n) is 7.34. The maximum atomic E-state index is 4.53. The zero-order chi connectivity index (χ0) is 14.4. The molecule has 0 amide bonds. The van der Waals surface area contributed by atoms with Gasteiger partial charge in [-0.25, -0.2) is 9.97 Å². The fourth-order valence-electron chi connectivity index (χ4n) is 2.41. The van der Waals surface area contributed by atoms with Crippen LogP contribution in [0.5, 0.6) is 0 Å². The molecule has 1 atom stereocenters. The fraction of sp³-hybridized carbons (Fsp3) is 0.714. The Kier molecular flexibility index (Phi) is 5.91. The van der Waals surface area contributed by atoms with Gasteiger partial charge in [-0.2, -0.15) is 0 Å². The molecule has 0 spiro atoms. The predicted octanol–water partition coefficient (Wildman–Crippen LogP) is 2.53. The molecule has 1 aliphatic rings. The number of hydrogen-bond donors (Lipinski definition) is 2. The molecule has 1 aliphatic heterocycles. The third-order valence-electron chi connectivity index (χ3n) is 3.63. The maximum absolute atomic E-state index is 4.53. The Bertz CT molecular complexity index is 426. The predicted molar refractivity (Wildman–Crippen MR) is 86.7 cm³/mol. The lowest BCUT2D eigenvalue weighted by atomic mass is 10.2. The Morgan fingerprint density at radius 3 is 2.70 bits per heavy atom. The molecule has 112 valence electrons. The lowest BCUT2D eigenvalue weighted by molar-refractivity contribution is 0.322. The van der Waals surface area contributed by atoms with Crippen molar-refractivity contribution in [2.45, 2.75) is 37.4 Å². The van der Waals surface area contributed by atoms with Crippen LogP contribution in [0.15, 0.2) is 11.2 Å². The number of hydrogen-bond acceptors (Lipinski definition) is 6. The minimum atomic E-state index is 0.620. The van der Waals surface area contributed by atoms with E-state index in [1.165, 1.54) is 19.4 Å². The number of nitrogens with one attached hydrogen (secondary N) is 2. The van der Waals surface area contributed by atoms with E-state index in [4.69, 9.17) is 0 Å². The van der Waals surface area contributed by atoms with Crippen LogP contribution in [0.2, 0.25) is 0 Å². The molecule has 0 radical (unpaired) electrons. The van der Waals surface area contributed by atoms with Crippen LogP contribution in [-0.2, 0) is 0 Å². The van der Waals surface area contributed by atoms with Gasteiger partial charge in [0.25, 0.3) is 0 Å². The largest absolute Gasteiger partial charge is 0.370 e. The Balaban J connectivity index is 1.98. The van der Waals surface area contributed by atoms with Crippen LogP contribution in [-0.4, -0.2) is 53.8 Å². The molecule has 1 unspecified atom stereocenters. The van der Waals surface area contributed by atoms with Crippen molar-refractivity contribution >= 4 is 23.4 Å². The summed E-state index contributed by atoms with van der Waals surface area (Å²) in [6, 6.07) is 2.62. The zero-order valence-corrected chi connectivity index (χ0v) is 13.5. The molecule has 0 saturated carbocycles. The summed E-state index contributed by atoms with van der Waals surface area (Å²) in [5, 5.41) is 7.61. The summed E-state index contributed by atoms with van der Waals surface area (Å²) in [5.41, 5.74) is 0. The van der Waals surface area contributed by atoms with Gasteiger partial charge in [-0.1, -0.05) is 18.7 Å². The van der Waals surface area contributed by atoms with Crippen molar-refractivity contribution in [3.63, 3.8) is 0 Å². The third kappa shape index (κ3) is 4.24. The van der Waals surface area contributed by atoms with Crippen molar-refractivity contribution in [1.29, 1.82) is 0 Å². The van der Waals surface area contributed by atoms with Crippen LogP contribution in [0, 0.1) is 0 Å². The van der Waals surface area contributed by atoms with Gasteiger partial charge in [0, 0.05) is 25.2 Å². The highest BCUT2D eigenvalue weighted by molar-refractivity contribution is 7.98. The van der Waals surface area contributed by atoms with Crippen LogP contribution < -0.4 is 10.6 Å². The van der Waals surface area contributed by atoms with E-state index in [0.717, 1.165) is 36.3 Å². The molecule has 2 N–H and O–H groups in total. The molecule has 1 aromatic rings. The van der Waals surface area contributed by atoms with E-state index in [2.05, 4.69) is 39.5 Å². The van der Waals surface area contributed by atoms with Crippen molar-refractivity contribution in [3.8, 4) is 0 Å². The second-order valence-corrected chi connectivity index (χ2v) is 5.98. The SMILES string of the molecule is CCCNc1cc(NCC2CCCN2C)nc(SC)n1. The van der Waals surface area contributed by atoms with E-state index >= 15 is 0 Å². The van der Waals surface area contributed by atoms with Crippen LogP contribution in [0.1, 0.15) is 26.2 Å². The molecule has 0 aromatic carbocycles. The molecular formula is C14H25N5S. The van der Waals surface area contributed by atoms with Gasteiger partial charge < -0.3 is 15.5 Å². The van der Waals surface area contributed by atoms with E-state index in [9.17, 15) is 0 Å². The van der Waals surface area contributed by atoms with Crippen LogP contribution in [0.3, 0.4) is 0 Å². The molecule has 6 heteroatoms. The Morgan fingerprint density at radius 2 is 2.10 bits per heavy atom. The van der Waals surface area contributed by atoms with Gasteiger partial charge in [0.05, 0.1) is 0 Å². The number of nitrogens with zero attached hydrogens (tertiary/aromatic N) is 3. The second kappa shape index (κ2) is 7.69. The van der Waals surface area contributed by atoms with Crippen LogP contribution in [0.4, 0.5) is 11.6 Å². The fourth-order valence-corrected chi connectivity index (χ4v) is 2.79. The Hall–Kier alpha value is -1.01. The Morgan fingerprint density at radius 1 is 1.35 bits per heavy atom. The number of likely N-dealkylation sites (tertiary alicyclic amines) is 1. The highest BCUT2D eigenvalue weighted by atomic mass is 32.2. The summed E-state index contributed by atoms with van der Waals surface area (Å²) in [7, 11) is 2.20. The third-order valence-corrected chi connectivity index (χ3v) is 4.18. The maximum Gasteiger partial charge on any atom is 0.191 e. The first-order valence-corrected chi connectivity index (χ1v) is 8.56. The molecule has 0 bridgehead atoms. The first-order chi connectivity index (χ1) is 9.72. The summed E-state index contributed by atoms with van der Waals surface area (Å²) >= 11 is 1.58.